The van der Waals surface area contributed by atoms with Crippen molar-refractivity contribution in [3.8, 4) is 0 Å². The maximum absolute atomic E-state index is 12.4. The standard InChI is InChI=1S/C16H17OP.Li.H/c1-11-9-10-12(2)15(13(11)3)16(17)18-14-7-5-4-6-8-14;;/h4-10,18H,1-3H3;;. The predicted molar refractivity (Wildman–Crippen MR) is 86.5 cm³/mol. The minimum absolute atomic E-state index is 0. The van der Waals surface area contributed by atoms with E-state index in [2.05, 4.69) is 13.0 Å². The fourth-order valence-electron chi connectivity index (χ4n) is 2.02. The molecule has 0 aliphatic heterocycles. The Hall–Kier alpha value is -0.863. The van der Waals surface area contributed by atoms with Crippen molar-refractivity contribution in [3.05, 3.63) is 64.7 Å². The van der Waals surface area contributed by atoms with Crippen LogP contribution < -0.4 is 5.30 Å². The van der Waals surface area contributed by atoms with E-state index in [0.29, 0.717) is 0 Å². The van der Waals surface area contributed by atoms with Crippen LogP contribution in [-0.2, 0) is 0 Å². The SMILES string of the molecule is Cc1ccc(C)c(C(=O)Pc2ccccc2)c1C.[LiH]. The van der Waals surface area contributed by atoms with Gasteiger partial charge in [0.25, 0.3) is 0 Å². The Kier molecular flexibility index (Phi) is 6.02. The van der Waals surface area contributed by atoms with Crippen molar-refractivity contribution in [3.63, 3.8) is 0 Å². The van der Waals surface area contributed by atoms with Gasteiger partial charge in [0.1, 0.15) is 0 Å². The minimum atomic E-state index is 0. The van der Waals surface area contributed by atoms with Crippen molar-refractivity contribution in [2.75, 3.05) is 0 Å². The quantitative estimate of drug-likeness (QED) is 0.615. The molecule has 0 aliphatic carbocycles. The van der Waals surface area contributed by atoms with Crippen molar-refractivity contribution in [2.45, 2.75) is 20.8 Å². The van der Waals surface area contributed by atoms with Crippen molar-refractivity contribution < 1.29 is 4.79 Å². The van der Waals surface area contributed by atoms with Crippen LogP contribution in [0.4, 0.5) is 0 Å². The molecule has 0 N–H and O–H groups in total. The summed E-state index contributed by atoms with van der Waals surface area (Å²) in [6.07, 6.45) is 0. The summed E-state index contributed by atoms with van der Waals surface area (Å²) in [4.78, 5) is 12.4. The van der Waals surface area contributed by atoms with Gasteiger partial charge in [0.2, 0.25) is 0 Å². The molecule has 0 heterocycles. The fraction of sp³-hybridized carbons (Fsp3) is 0.188. The Labute approximate surface area is 128 Å². The van der Waals surface area contributed by atoms with Gasteiger partial charge < -0.3 is 0 Å². The van der Waals surface area contributed by atoms with Crippen LogP contribution in [0.1, 0.15) is 27.0 Å². The third-order valence-electron chi connectivity index (χ3n) is 3.20. The van der Waals surface area contributed by atoms with Gasteiger partial charge in [-0.3, -0.25) is 4.79 Å². The molecule has 19 heavy (non-hydrogen) atoms. The van der Waals surface area contributed by atoms with E-state index in [1.807, 2.05) is 50.2 Å². The van der Waals surface area contributed by atoms with E-state index in [1.54, 1.807) is 0 Å². The molecule has 3 heteroatoms. The van der Waals surface area contributed by atoms with Gasteiger partial charge in [-0.2, -0.15) is 0 Å². The van der Waals surface area contributed by atoms with E-state index in [0.717, 1.165) is 22.0 Å². The maximum atomic E-state index is 12.4. The van der Waals surface area contributed by atoms with Gasteiger partial charge in [0, 0.05) is 5.56 Å². The van der Waals surface area contributed by atoms with Gasteiger partial charge in [-0.1, -0.05) is 42.5 Å². The van der Waals surface area contributed by atoms with Gasteiger partial charge in [0.05, 0.1) is 0 Å². The number of rotatable bonds is 3. The van der Waals surface area contributed by atoms with Crippen LogP contribution >= 0.6 is 8.58 Å². The third kappa shape index (κ3) is 3.80. The fourth-order valence-corrected chi connectivity index (χ4v) is 3.15. The second-order valence-electron chi connectivity index (χ2n) is 4.52. The van der Waals surface area contributed by atoms with Crippen LogP contribution in [0.5, 0.6) is 0 Å². The molecular weight excluding hydrogens is 246 g/mol. The molecule has 1 unspecified atom stereocenters. The molecule has 0 aromatic heterocycles. The summed E-state index contributed by atoms with van der Waals surface area (Å²) in [5.41, 5.74) is 4.51. The summed E-state index contributed by atoms with van der Waals surface area (Å²) in [7, 11) is 0.206. The molecule has 0 fully saturated rings. The molecule has 1 nitrogen and oxygen atoms in total. The van der Waals surface area contributed by atoms with Crippen LogP contribution in [0, 0.1) is 20.8 Å². The number of hydrogen-bond donors (Lipinski definition) is 0. The molecule has 0 spiro atoms. The average Bonchev–Trinajstić information content (AvgIpc) is 2.36. The summed E-state index contributed by atoms with van der Waals surface area (Å²) in [5, 5.41) is 1.10. The zero-order valence-electron chi connectivity index (χ0n) is 10.9. The molecule has 2 aromatic rings. The van der Waals surface area contributed by atoms with Crippen LogP contribution in [0.3, 0.4) is 0 Å². The Morgan fingerprint density at radius 1 is 0.895 bits per heavy atom. The Morgan fingerprint density at radius 3 is 2.11 bits per heavy atom. The van der Waals surface area contributed by atoms with Crippen molar-refractivity contribution in [2.24, 2.45) is 0 Å². The molecule has 0 saturated heterocycles. The van der Waals surface area contributed by atoms with Gasteiger partial charge in [-0.15, -0.1) is 0 Å². The molecule has 0 bridgehead atoms. The number of benzene rings is 2. The predicted octanol–water partition coefficient (Wildman–Crippen LogP) is 3.11. The van der Waals surface area contributed by atoms with E-state index >= 15 is 0 Å². The number of carbonyl (C=O) groups excluding carboxylic acids is 1. The average molecular weight is 264 g/mol. The van der Waals surface area contributed by atoms with E-state index in [4.69, 9.17) is 0 Å². The molecular formula is C16H18LiOP. The second kappa shape index (κ2) is 7.06. The van der Waals surface area contributed by atoms with E-state index in [1.165, 1.54) is 5.56 Å². The van der Waals surface area contributed by atoms with E-state index in [-0.39, 0.29) is 33.0 Å². The van der Waals surface area contributed by atoms with Crippen LogP contribution in [0.15, 0.2) is 42.5 Å². The Balaban J connectivity index is 0.00000180. The third-order valence-corrected chi connectivity index (χ3v) is 4.30. The van der Waals surface area contributed by atoms with Gasteiger partial charge in [-0.05, 0) is 51.3 Å². The topological polar surface area (TPSA) is 17.1 Å². The zero-order chi connectivity index (χ0) is 13.1. The molecule has 0 saturated carbocycles. The van der Waals surface area contributed by atoms with Crippen molar-refractivity contribution >= 4 is 38.3 Å². The van der Waals surface area contributed by atoms with Crippen LogP contribution in [-0.4, -0.2) is 24.4 Å². The number of aryl methyl sites for hydroxylation is 2. The van der Waals surface area contributed by atoms with Crippen LogP contribution in [0.2, 0.25) is 0 Å². The number of hydrogen-bond acceptors (Lipinski definition) is 1. The van der Waals surface area contributed by atoms with Gasteiger partial charge in [-0.25, -0.2) is 0 Å². The van der Waals surface area contributed by atoms with Crippen molar-refractivity contribution in [1.82, 2.24) is 0 Å². The van der Waals surface area contributed by atoms with Crippen molar-refractivity contribution in [1.29, 1.82) is 0 Å². The molecule has 0 aliphatic rings. The first-order valence-corrected chi connectivity index (χ1v) is 7.03. The molecule has 1 atom stereocenters. The normalized spacial score (nSPS) is 10.5. The molecule has 0 radical (unpaired) electrons. The first-order chi connectivity index (χ1) is 8.59. The Morgan fingerprint density at radius 2 is 1.47 bits per heavy atom. The molecule has 0 amide bonds. The summed E-state index contributed by atoms with van der Waals surface area (Å²) < 4.78 is 0. The number of carbonyl (C=O) groups is 1. The summed E-state index contributed by atoms with van der Waals surface area (Å²) in [5.74, 6) is 0. The molecule has 94 valence electrons. The van der Waals surface area contributed by atoms with Crippen LogP contribution in [0.25, 0.3) is 0 Å². The second-order valence-corrected chi connectivity index (χ2v) is 5.80. The van der Waals surface area contributed by atoms with E-state index < -0.39 is 0 Å². The summed E-state index contributed by atoms with van der Waals surface area (Å²) in [6.45, 7) is 6.09. The monoisotopic (exact) mass is 264 g/mol. The molecule has 2 rings (SSSR count). The molecule has 2 aromatic carbocycles. The van der Waals surface area contributed by atoms with Gasteiger partial charge >= 0.3 is 18.9 Å². The van der Waals surface area contributed by atoms with Gasteiger partial charge in [0.15, 0.2) is 5.52 Å². The Bertz CT molecular complexity index is 579. The first-order valence-electron chi connectivity index (χ1n) is 6.03. The zero-order valence-corrected chi connectivity index (χ0v) is 11.9. The van der Waals surface area contributed by atoms with E-state index in [9.17, 15) is 4.79 Å². The first kappa shape index (κ1) is 16.2. The summed E-state index contributed by atoms with van der Waals surface area (Å²) >= 11 is 0. The summed E-state index contributed by atoms with van der Waals surface area (Å²) in [6, 6.07) is 14.1.